The van der Waals surface area contributed by atoms with Crippen LogP contribution in [0.15, 0.2) is 6.33 Å². The number of nitrogens with zero attached hydrogens (tertiary/aromatic N) is 5. The number of phosphoric acid groups is 1. The Morgan fingerprint density at radius 1 is 1.35 bits per heavy atom. The molecule has 3 rings (SSSR count). The fourth-order valence-electron chi connectivity index (χ4n) is 2.19. The van der Waals surface area contributed by atoms with E-state index in [4.69, 9.17) is 20.3 Å². The zero-order chi connectivity index (χ0) is 16.8. The van der Waals surface area contributed by atoms with E-state index in [1.807, 2.05) is 0 Å². The molecule has 1 fully saturated rings. The van der Waals surface area contributed by atoms with Crippen molar-refractivity contribution < 1.29 is 33.8 Å². The number of hydrogen-bond donors (Lipinski definition) is 5. The van der Waals surface area contributed by atoms with Crippen LogP contribution in [0.5, 0.6) is 0 Å². The van der Waals surface area contributed by atoms with Gasteiger partial charge in [0.2, 0.25) is 0 Å². The fourth-order valence-corrected chi connectivity index (χ4v) is 2.53. The maximum absolute atomic E-state index is 10.7. The number of aliphatic hydroxyl groups is 2. The van der Waals surface area contributed by atoms with Crippen LogP contribution in [0.2, 0.25) is 0 Å². The van der Waals surface area contributed by atoms with Gasteiger partial charge in [0.25, 0.3) is 0 Å². The van der Waals surface area contributed by atoms with E-state index in [1.54, 1.807) is 0 Å². The Morgan fingerprint density at radius 2 is 2.09 bits per heavy atom. The maximum atomic E-state index is 10.7. The first-order chi connectivity index (χ1) is 10.8. The highest BCUT2D eigenvalue weighted by atomic mass is 31.2. The predicted molar refractivity (Wildman–Crippen MR) is 71.5 cm³/mol. The minimum Gasteiger partial charge on any atom is -0.387 e. The summed E-state index contributed by atoms with van der Waals surface area (Å²) in [5, 5.41) is 27.5. The number of fused-ring (bicyclic) bond motifs is 1. The van der Waals surface area contributed by atoms with Crippen LogP contribution in [0.4, 0.5) is 5.82 Å². The van der Waals surface area contributed by atoms with Gasteiger partial charge in [-0.25, -0.2) is 14.5 Å². The third kappa shape index (κ3) is 3.03. The van der Waals surface area contributed by atoms with E-state index in [9.17, 15) is 14.8 Å². The van der Waals surface area contributed by atoms with Crippen molar-refractivity contribution in [2.24, 2.45) is 0 Å². The largest absolute Gasteiger partial charge is 0.469 e. The van der Waals surface area contributed by atoms with Gasteiger partial charge in [-0.15, -0.1) is 5.10 Å². The number of anilines is 1. The summed E-state index contributed by atoms with van der Waals surface area (Å²) in [6.45, 7) is -0.622. The van der Waals surface area contributed by atoms with Crippen molar-refractivity contribution in [1.82, 2.24) is 25.0 Å². The molecule has 126 valence electrons. The van der Waals surface area contributed by atoms with Crippen molar-refractivity contribution in [2.45, 2.75) is 24.5 Å². The molecule has 0 aromatic carbocycles. The quantitative estimate of drug-likeness (QED) is 0.365. The SMILES string of the molecule is Nc1ncnc2c1nnn2[C@@H]1O[C@H](COP(=O)(O)O)[C@@H](O)[C@H]1O. The van der Waals surface area contributed by atoms with Crippen LogP contribution in [0.1, 0.15) is 6.23 Å². The lowest BCUT2D eigenvalue weighted by Gasteiger charge is -2.14. The summed E-state index contributed by atoms with van der Waals surface area (Å²) in [5.74, 6) is 0.0793. The summed E-state index contributed by atoms with van der Waals surface area (Å²) < 4.78 is 21.5. The normalized spacial score (nSPS) is 28.5. The highest BCUT2D eigenvalue weighted by Gasteiger charge is 2.45. The summed E-state index contributed by atoms with van der Waals surface area (Å²) in [7, 11) is -4.73. The molecule has 13 nitrogen and oxygen atoms in total. The molecule has 0 amide bonds. The Balaban J connectivity index is 1.85. The molecule has 2 aromatic heterocycles. The van der Waals surface area contributed by atoms with Gasteiger partial charge in [0, 0.05) is 0 Å². The molecule has 0 saturated carbocycles. The topological polar surface area (TPSA) is 199 Å². The van der Waals surface area contributed by atoms with Crippen molar-refractivity contribution in [3.63, 3.8) is 0 Å². The molecule has 0 spiro atoms. The molecule has 4 atom stereocenters. The van der Waals surface area contributed by atoms with Crippen molar-refractivity contribution in [3.8, 4) is 0 Å². The number of nitrogens with two attached hydrogens (primary N) is 1. The van der Waals surface area contributed by atoms with E-state index in [2.05, 4.69) is 24.8 Å². The number of hydrogen-bond acceptors (Lipinski definition) is 10. The van der Waals surface area contributed by atoms with Gasteiger partial charge < -0.3 is 30.5 Å². The Bertz CT molecular complexity index is 764. The van der Waals surface area contributed by atoms with Gasteiger partial charge in [-0.3, -0.25) is 4.52 Å². The summed E-state index contributed by atoms with van der Waals surface area (Å²) in [5.41, 5.74) is 5.99. The second-order valence-corrected chi connectivity index (χ2v) is 6.04. The molecule has 6 N–H and O–H groups in total. The first-order valence-corrected chi connectivity index (χ1v) is 7.84. The van der Waals surface area contributed by atoms with Gasteiger partial charge in [-0.2, -0.15) is 4.68 Å². The van der Waals surface area contributed by atoms with Crippen LogP contribution < -0.4 is 5.73 Å². The molecule has 0 radical (unpaired) electrons. The fraction of sp³-hybridized carbons (Fsp3) is 0.556. The van der Waals surface area contributed by atoms with Crippen molar-refractivity contribution in [3.05, 3.63) is 6.33 Å². The van der Waals surface area contributed by atoms with E-state index >= 15 is 0 Å². The van der Waals surface area contributed by atoms with Crippen molar-refractivity contribution in [1.29, 1.82) is 0 Å². The molecule has 0 bridgehead atoms. The molecule has 14 heteroatoms. The smallest absolute Gasteiger partial charge is 0.387 e. The number of aliphatic hydroxyl groups excluding tert-OH is 2. The molecular formula is C9H13N6O7P. The molecule has 3 heterocycles. The number of rotatable bonds is 4. The standard InChI is InChI=1S/C9H13N6O7P/c10-7-4-8(12-2-11-7)15(14-13-4)9-6(17)5(16)3(22-9)1-21-23(18,19)20/h2-3,5-6,9,16-17H,1H2,(H2,10,11,12)(H2,18,19,20)/t3-,5-,6-,9-/m1/s1. The highest BCUT2D eigenvalue weighted by Crippen LogP contribution is 2.38. The minimum absolute atomic E-state index is 0.0793. The number of ether oxygens (including phenoxy) is 1. The van der Waals surface area contributed by atoms with Gasteiger partial charge in [0.1, 0.15) is 24.6 Å². The summed E-state index contributed by atoms with van der Waals surface area (Å²) in [6.07, 6.45) is -4.09. The number of phosphoric ester groups is 1. The zero-order valence-corrected chi connectivity index (χ0v) is 12.3. The van der Waals surface area contributed by atoms with Crippen molar-refractivity contribution in [2.75, 3.05) is 12.3 Å². The van der Waals surface area contributed by atoms with Crippen molar-refractivity contribution >= 4 is 24.8 Å². The molecule has 1 saturated heterocycles. The van der Waals surface area contributed by atoms with E-state index in [0.29, 0.717) is 0 Å². The van der Waals surface area contributed by atoms with E-state index in [1.165, 1.54) is 6.33 Å². The average molecular weight is 348 g/mol. The van der Waals surface area contributed by atoms with Crippen LogP contribution >= 0.6 is 7.82 Å². The Labute approximate surface area is 127 Å². The zero-order valence-electron chi connectivity index (χ0n) is 11.4. The van der Waals surface area contributed by atoms with Gasteiger partial charge in [-0.1, -0.05) is 5.21 Å². The summed E-state index contributed by atoms with van der Waals surface area (Å²) in [6, 6.07) is 0. The van der Waals surface area contributed by atoms with Crippen LogP contribution in [0.25, 0.3) is 11.2 Å². The third-order valence-corrected chi connectivity index (χ3v) is 3.76. The second kappa shape index (κ2) is 5.72. The molecule has 0 unspecified atom stereocenters. The molecule has 2 aromatic rings. The van der Waals surface area contributed by atoms with Gasteiger partial charge >= 0.3 is 7.82 Å². The predicted octanol–water partition coefficient (Wildman–Crippen LogP) is -2.47. The van der Waals surface area contributed by atoms with Crippen LogP contribution in [0, 0.1) is 0 Å². The van der Waals surface area contributed by atoms with Gasteiger partial charge in [0.05, 0.1) is 6.61 Å². The van der Waals surface area contributed by atoms with Crippen LogP contribution in [0.3, 0.4) is 0 Å². The molecule has 0 aliphatic carbocycles. The van der Waals surface area contributed by atoms with Gasteiger partial charge in [-0.05, 0) is 0 Å². The molecule has 1 aliphatic heterocycles. The molecule has 23 heavy (non-hydrogen) atoms. The Hall–Kier alpha value is -1.73. The highest BCUT2D eigenvalue weighted by molar-refractivity contribution is 7.46. The monoisotopic (exact) mass is 348 g/mol. The lowest BCUT2D eigenvalue weighted by atomic mass is 10.1. The molecular weight excluding hydrogens is 335 g/mol. The average Bonchev–Trinajstić information content (AvgIpc) is 3.01. The summed E-state index contributed by atoms with van der Waals surface area (Å²) >= 11 is 0. The van der Waals surface area contributed by atoms with E-state index in [-0.39, 0.29) is 17.0 Å². The number of nitrogen functional groups attached to an aromatic ring is 1. The van der Waals surface area contributed by atoms with Crippen LogP contribution in [-0.4, -0.2) is 69.9 Å². The first-order valence-electron chi connectivity index (χ1n) is 6.31. The Morgan fingerprint density at radius 3 is 2.78 bits per heavy atom. The lowest BCUT2D eigenvalue weighted by Crippen LogP contribution is -2.33. The second-order valence-electron chi connectivity index (χ2n) is 4.80. The van der Waals surface area contributed by atoms with Crippen LogP contribution in [-0.2, 0) is 13.8 Å². The van der Waals surface area contributed by atoms with E-state index < -0.39 is 39.0 Å². The first kappa shape index (κ1) is 16.1. The Kier molecular flexibility index (Phi) is 4.01. The van der Waals surface area contributed by atoms with Gasteiger partial charge in [0.15, 0.2) is 23.2 Å². The maximum Gasteiger partial charge on any atom is 0.469 e. The molecule has 1 aliphatic rings. The number of aromatic nitrogens is 5. The van der Waals surface area contributed by atoms with E-state index in [0.717, 1.165) is 4.68 Å². The third-order valence-electron chi connectivity index (χ3n) is 3.27. The lowest BCUT2D eigenvalue weighted by molar-refractivity contribution is -0.0567. The minimum atomic E-state index is -4.73. The summed E-state index contributed by atoms with van der Waals surface area (Å²) in [4.78, 5) is 25.0.